The Balaban J connectivity index is 1.97. The fraction of sp³-hybridized carbons (Fsp3) is 1.00. The zero-order valence-corrected chi connectivity index (χ0v) is 4.84. The van der Waals surface area contributed by atoms with Gasteiger partial charge in [-0.15, -0.1) is 0 Å². The third-order valence-electron chi connectivity index (χ3n) is 0.0962. The summed E-state index contributed by atoms with van der Waals surface area (Å²) >= 11 is 1.68. The van der Waals surface area contributed by atoms with Gasteiger partial charge in [0.1, 0.15) is 0 Å². The molecule has 0 aromatic rings. The van der Waals surface area contributed by atoms with E-state index in [1.54, 1.807) is 19.3 Å². The van der Waals surface area contributed by atoms with Crippen molar-refractivity contribution in [1.29, 1.82) is 0 Å². The van der Waals surface area contributed by atoms with Crippen LogP contribution in [0.5, 0.6) is 0 Å². The Morgan fingerprint density at radius 2 is 2.25 bits per heavy atom. The van der Waals surface area contributed by atoms with Gasteiger partial charge in [-0.2, -0.15) is 0 Å². The summed E-state index contributed by atoms with van der Waals surface area (Å²) in [5.41, 5.74) is 0. The third-order valence-corrected chi connectivity index (χ3v) is 0.788. The van der Waals surface area contributed by atoms with Crippen molar-refractivity contribution in [3.8, 4) is 0 Å². The monoisotopic (exact) mass is 238 g/mol. The summed E-state index contributed by atoms with van der Waals surface area (Å²) in [6.07, 6.45) is 0. The fourth-order valence-corrected chi connectivity index (χ4v) is 0. The quantitative estimate of drug-likeness (QED) is 0.645. The van der Waals surface area contributed by atoms with Gasteiger partial charge in [-0.05, 0) is 0 Å². The van der Waals surface area contributed by atoms with Crippen LogP contribution in [0, 0.1) is 0 Å². The van der Waals surface area contributed by atoms with Crippen molar-refractivity contribution in [2.75, 3.05) is 6.61 Å². The van der Waals surface area contributed by atoms with E-state index in [4.69, 9.17) is 0 Å². The van der Waals surface area contributed by atoms with Crippen LogP contribution in [0.2, 0.25) is 0 Å². The zero-order chi connectivity index (χ0) is 3.41. The first-order valence-corrected chi connectivity index (χ1v) is 2.11. The van der Waals surface area contributed by atoms with Gasteiger partial charge in [0.2, 0.25) is 0 Å². The average molecular weight is 237 g/mol. The normalized spacial score (nSPS) is 7.75. The van der Waals surface area contributed by atoms with Crippen LogP contribution in [0.1, 0.15) is 6.92 Å². The molecule has 0 unspecified atom stereocenters. The Labute approximate surface area is 36.9 Å². The molecular weight excluding hydrogens is 232 g/mol. The first kappa shape index (κ1) is 4.61. The van der Waals surface area contributed by atoms with E-state index >= 15 is 0 Å². The Hall–Kier alpha value is 0.609. The molecule has 0 rings (SSSR count). The van der Waals surface area contributed by atoms with Crippen LogP contribution in [0.4, 0.5) is 0 Å². The number of hydrogen-bond donors (Lipinski definition) is 0. The molecule has 0 heterocycles. The Kier molecular flexibility index (Phi) is 4.16. The Morgan fingerprint density at radius 3 is 2.25 bits per heavy atom. The zero-order valence-electron chi connectivity index (χ0n) is 2.45. The maximum atomic E-state index is 4.54. The van der Waals surface area contributed by atoms with Gasteiger partial charge in [0.25, 0.3) is 0 Å². The summed E-state index contributed by atoms with van der Waals surface area (Å²) < 4.78 is 4.54. The van der Waals surface area contributed by atoms with Gasteiger partial charge in [-0.3, -0.25) is 0 Å². The van der Waals surface area contributed by atoms with Crippen LogP contribution < -0.4 is 0 Å². The predicted molar refractivity (Wildman–Crippen MR) is 11.6 cm³/mol. The van der Waals surface area contributed by atoms with Crippen molar-refractivity contribution < 1.29 is 22.8 Å². The summed E-state index contributed by atoms with van der Waals surface area (Å²) in [6.45, 7) is 2.78. The molecule has 0 atom stereocenters. The topological polar surface area (TPSA) is 9.23 Å². The molecule has 0 bridgehead atoms. The minimum absolute atomic E-state index is 0.819. The molecule has 28 valence electrons. The van der Waals surface area contributed by atoms with Crippen LogP contribution in [0.25, 0.3) is 0 Å². The molecule has 1 nitrogen and oxygen atoms in total. The van der Waals surface area contributed by atoms with Gasteiger partial charge in [0.05, 0.1) is 0 Å². The molecule has 0 saturated heterocycles. The van der Waals surface area contributed by atoms with E-state index < -0.39 is 0 Å². The molecule has 2 heteroatoms. The first-order valence-electron chi connectivity index (χ1n) is 1.13. The molecular formula is C2H5IrO. The first-order chi connectivity index (χ1) is 1.91. The van der Waals surface area contributed by atoms with E-state index in [0.29, 0.717) is 0 Å². The van der Waals surface area contributed by atoms with Gasteiger partial charge in [-0.25, -0.2) is 0 Å². The predicted octanol–water partition coefficient (Wildman–Crippen LogP) is 0.485. The van der Waals surface area contributed by atoms with Crippen molar-refractivity contribution in [2.45, 2.75) is 6.92 Å². The summed E-state index contributed by atoms with van der Waals surface area (Å²) in [5, 5.41) is 0. The van der Waals surface area contributed by atoms with E-state index in [1.807, 2.05) is 6.92 Å². The summed E-state index contributed by atoms with van der Waals surface area (Å²) in [4.78, 5) is 0. The standard InChI is InChI=1S/C2H5O.Ir/c1-2-3;/h2H2,1H3;/q-1;+1. The number of hydrogen-bond acceptors (Lipinski definition) is 1. The molecule has 0 aromatic heterocycles. The van der Waals surface area contributed by atoms with Crippen molar-refractivity contribution >= 4 is 0 Å². The number of rotatable bonds is 1. The van der Waals surface area contributed by atoms with Crippen LogP contribution >= 0.6 is 0 Å². The van der Waals surface area contributed by atoms with E-state index in [-0.39, 0.29) is 0 Å². The SMILES string of the molecule is CC[O][Ir]. The molecule has 0 aliphatic rings. The van der Waals surface area contributed by atoms with Crippen LogP contribution in [0.3, 0.4) is 0 Å². The second-order valence-corrected chi connectivity index (χ2v) is 1.08. The summed E-state index contributed by atoms with van der Waals surface area (Å²) in [6, 6.07) is 0. The molecule has 0 spiro atoms. The molecule has 0 saturated carbocycles. The molecule has 0 fully saturated rings. The van der Waals surface area contributed by atoms with Gasteiger partial charge in [0, 0.05) is 0 Å². The van der Waals surface area contributed by atoms with Crippen molar-refractivity contribution in [2.24, 2.45) is 0 Å². The second kappa shape index (κ2) is 3.61. The maximum absolute atomic E-state index is 4.54. The van der Waals surface area contributed by atoms with E-state index in [9.17, 15) is 0 Å². The molecule has 0 amide bonds. The van der Waals surface area contributed by atoms with Crippen LogP contribution in [-0.4, -0.2) is 6.61 Å². The van der Waals surface area contributed by atoms with Crippen LogP contribution in [-0.2, 0) is 22.8 Å². The van der Waals surface area contributed by atoms with Gasteiger partial charge in [0.15, 0.2) is 0 Å². The Bertz CT molecular complexity index is 8.00. The molecule has 4 heavy (non-hydrogen) atoms. The average Bonchev–Trinajstić information content (AvgIpc) is 1.37. The molecule has 0 aliphatic heterocycles. The van der Waals surface area contributed by atoms with Crippen molar-refractivity contribution in [1.82, 2.24) is 0 Å². The third kappa shape index (κ3) is 2.61. The molecule has 0 aliphatic carbocycles. The molecule has 0 N–H and O–H groups in total. The fourth-order valence-electron chi connectivity index (χ4n) is 0. The van der Waals surface area contributed by atoms with E-state index in [2.05, 4.69) is 3.50 Å². The second-order valence-electron chi connectivity index (χ2n) is 0.385. The van der Waals surface area contributed by atoms with Crippen molar-refractivity contribution in [3.05, 3.63) is 0 Å². The van der Waals surface area contributed by atoms with Gasteiger partial charge in [-0.1, -0.05) is 0 Å². The van der Waals surface area contributed by atoms with E-state index in [0.717, 1.165) is 6.61 Å². The summed E-state index contributed by atoms with van der Waals surface area (Å²) in [5.74, 6) is 0. The minimum atomic E-state index is 0.819. The van der Waals surface area contributed by atoms with Gasteiger partial charge < -0.3 is 0 Å². The van der Waals surface area contributed by atoms with E-state index in [1.165, 1.54) is 0 Å². The van der Waals surface area contributed by atoms with Crippen molar-refractivity contribution in [3.63, 3.8) is 0 Å². The molecule has 0 radical (unpaired) electrons. The summed E-state index contributed by atoms with van der Waals surface area (Å²) in [7, 11) is 0. The molecule has 0 aromatic carbocycles. The van der Waals surface area contributed by atoms with Gasteiger partial charge >= 0.3 is 36.3 Å². The van der Waals surface area contributed by atoms with Crippen LogP contribution in [0.15, 0.2) is 0 Å². The Morgan fingerprint density at radius 1 is 2.00 bits per heavy atom.